The van der Waals surface area contributed by atoms with Crippen molar-refractivity contribution in [2.24, 2.45) is 0 Å². The predicted octanol–water partition coefficient (Wildman–Crippen LogP) is 3.49. The second-order valence-corrected chi connectivity index (χ2v) is 6.78. The van der Waals surface area contributed by atoms with Crippen LogP contribution >= 0.6 is 23.5 Å². The van der Waals surface area contributed by atoms with Gasteiger partial charge in [-0.05, 0) is 24.1 Å². The van der Waals surface area contributed by atoms with Crippen LogP contribution in [-0.2, 0) is 0 Å². The third-order valence-corrected chi connectivity index (χ3v) is 6.35. The standard InChI is InChI=1S/C13H17FOS2/c1-2-11-13(17-8-7-16-11)12(15)9-3-5-10(14)6-4-9/h3-6,11-13,15H,2,7-8H2,1H3. The fraction of sp³-hybridized carbons (Fsp3) is 0.538. The van der Waals surface area contributed by atoms with Crippen LogP contribution in [0.5, 0.6) is 0 Å². The van der Waals surface area contributed by atoms with E-state index < -0.39 is 6.10 Å². The van der Waals surface area contributed by atoms with Crippen molar-refractivity contribution in [3.05, 3.63) is 35.6 Å². The average Bonchev–Trinajstić information content (AvgIpc) is 2.39. The first-order valence-corrected chi connectivity index (χ1v) is 7.99. The summed E-state index contributed by atoms with van der Waals surface area (Å²) in [5, 5.41) is 11.1. The normalized spacial score (nSPS) is 26.8. The Balaban J connectivity index is 2.12. The van der Waals surface area contributed by atoms with E-state index in [1.165, 1.54) is 12.1 Å². The van der Waals surface area contributed by atoms with E-state index in [0.717, 1.165) is 23.5 Å². The van der Waals surface area contributed by atoms with E-state index in [-0.39, 0.29) is 11.1 Å². The van der Waals surface area contributed by atoms with Crippen LogP contribution < -0.4 is 0 Å². The highest BCUT2D eigenvalue weighted by atomic mass is 32.2. The molecular weight excluding hydrogens is 255 g/mol. The van der Waals surface area contributed by atoms with Gasteiger partial charge in [-0.3, -0.25) is 0 Å². The van der Waals surface area contributed by atoms with E-state index >= 15 is 0 Å². The van der Waals surface area contributed by atoms with Gasteiger partial charge in [0.2, 0.25) is 0 Å². The molecule has 94 valence electrons. The third kappa shape index (κ3) is 3.18. The van der Waals surface area contributed by atoms with Gasteiger partial charge in [0.1, 0.15) is 5.82 Å². The Morgan fingerprint density at radius 1 is 1.29 bits per heavy atom. The van der Waals surface area contributed by atoms with Crippen LogP contribution in [0.25, 0.3) is 0 Å². The zero-order valence-corrected chi connectivity index (χ0v) is 11.4. The molecule has 0 radical (unpaired) electrons. The lowest BCUT2D eigenvalue weighted by molar-refractivity contribution is 0.172. The van der Waals surface area contributed by atoms with Crippen LogP contribution in [0.3, 0.4) is 0 Å². The van der Waals surface area contributed by atoms with Crippen molar-refractivity contribution in [1.29, 1.82) is 0 Å². The summed E-state index contributed by atoms with van der Waals surface area (Å²) in [5.41, 5.74) is 0.824. The van der Waals surface area contributed by atoms with Gasteiger partial charge >= 0.3 is 0 Å². The molecule has 0 aliphatic carbocycles. The summed E-state index contributed by atoms with van der Waals surface area (Å²) in [6, 6.07) is 6.21. The highest BCUT2D eigenvalue weighted by Crippen LogP contribution is 2.40. The zero-order chi connectivity index (χ0) is 12.3. The number of aliphatic hydroxyl groups is 1. The van der Waals surface area contributed by atoms with Crippen LogP contribution in [0.4, 0.5) is 4.39 Å². The topological polar surface area (TPSA) is 20.2 Å². The van der Waals surface area contributed by atoms with Gasteiger partial charge in [-0.2, -0.15) is 23.5 Å². The summed E-state index contributed by atoms with van der Waals surface area (Å²) in [7, 11) is 0. The molecule has 1 heterocycles. The molecule has 1 saturated heterocycles. The lowest BCUT2D eigenvalue weighted by atomic mass is 10.0. The Bertz CT molecular complexity index is 355. The van der Waals surface area contributed by atoms with Crippen molar-refractivity contribution in [3.8, 4) is 0 Å². The first kappa shape index (κ1) is 13.2. The van der Waals surface area contributed by atoms with Gasteiger partial charge in [0.15, 0.2) is 0 Å². The maximum absolute atomic E-state index is 12.8. The van der Waals surface area contributed by atoms with Crippen molar-refractivity contribution < 1.29 is 9.50 Å². The summed E-state index contributed by atoms with van der Waals surface area (Å²) in [6.07, 6.45) is 0.582. The molecule has 0 saturated carbocycles. The van der Waals surface area contributed by atoms with Gasteiger partial charge in [-0.1, -0.05) is 19.1 Å². The second-order valence-electron chi connectivity index (χ2n) is 4.15. The Kier molecular flexibility index (Phi) is 4.77. The number of aliphatic hydroxyl groups excluding tert-OH is 1. The van der Waals surface area contributed by atoms with Crippen LogP contribution in [0.1, 0.15) is 25.0 Å². The molecule has 4 heteroatoms. The molecule has 1 aliphatic rings. The summed E-state index contributed by atoms with van der Waals surface area (Å²) < 4.78 is 12.8. The zero-order valence-electron chi connectivity index (χ0n) is 9.80. The molecule has 0 spiro atoms. The second kappa shape index (κ2) is 6.12. The molecule has 0 amide bonds. The molecule has 1 fully saturated rings. The molecule has 2 rings (SSSR count). The quantitative estimate of drug-likeness (QED) is 0.909. The Labute approximate surface area is 110 Å². The summed E-state index contributed by atoms with van der Waals surface area (Å²) in [6.45, 7) is 2.16. The van der Waals surface area contributed by atoms with Crippen molar-refractivity contribution in [3.63, 3.8) is 0 Å². The van der Waals surface area contributed by atoms with Crippen molar-refractivity contribution in [1.82, 2.24) is 0 Å². The number of thioether (sulfide) groups is 2. The van der Waals surface area contributed by atoms with Gasteiger partial charge in [-0.15, -0.1) is 0 Å². The van der Waals surface area contributed by atoms with Gasteiger partial charge in [-0.25, -0.2) is 4.39 Å². The molecule has 1 N–H and O–H groups in total. The van der Waals surface area contributed by atoms with E-state index in [9.17, 15) is 9.50 Å². The van der Waals surface area contributed by atoms with Crippen LogP contribution in [0.2, 0.25) is 0 Å². The fourth-order valence-corrected chi connectivity index (χ4v) is 5.22. The first-order valence-electron chi connectivity index (χ1n) is 5.89. The maximum atomic E-state index is 12.8. The minimum absolute atomic E-state index is 0.226. The summed E-state index contributed by atoms with van der Waals surface area (Å²) in [4.78, 5) is 0. The molecule has 0 bridgehead atoms. The van der Waals surface area contributed by atoms with E-state index in [1.54, 1.807) is 12.1 Å². The smallest absolute Gasteiger partial charge is 0.123 e. The highest BCUT2D eigenvalue weighted by molar-refractivity contribution is 8.07. The van der Waals surface area contributed by atoms with Crippen molar-refractivity contribution >= 4 is 23.5 Å². The summed E-state index contributed by atoms with van der Waals surface area (Å²) >= 11 is 3.78. The number of rotatable bonds is 3. The van der Waals surface area contributed by atoms with E-state index in [2.05, 4.69) is 6.92 Å². The SMILES string of the molecule is CCC1SCCSC1C(O)c1ccc(F)cc1. The molecule has 1 aliphatic heterocycles. The monoisotopic (exact) mass is 272 g/mol. The molecule has 3 atom stereocenters. The minimum Gasteiger partial charge on any atom is -0.387 e. The molecular formula is C13H17FOS2. The molecule has 1 aromatic rings. The first-order chi connectivity index (χ1) is 8.22. The highest BCUT2D eigenvalue weighted by Gasteiger charge is 2.31. The third-order valence-electron chi connectivity index (χ3n) is 3.02. The van der Waals surface area contributed by atoms with Gasteiger partial charge in [0, 0.05) is 22.0 Å². The van der Waals surface area contributed by atoms with Gasteiger partial charge in [0.05, 0.1) is 6.10 Å². The van der Waals surface area contributed by atoms with E-state index in [4.69, 9.17) is 0 Å². The lowest BCUT2D eigenvalue weighted by Crippen LogP contribution is -2.31. The van der Waals surface area contributed by atoms with Gasteiger partial charge < -0.3 is 5.11 Å². The van der Waals surface area contributed by atoms with Crippen molar-refractivity contribution in [2.75, 3.05) is 11.5 Å². The largest absolute Gasteiger partial charge is 0.387 e. The fourth-order valence-electron chi connectivity index (χ4n) is 2.08. The van der Waals surface area contributed by atoms with E-state index in [0.29, 0.717) is 5.25 Å². The molecule has 3 unspecified atom stereocenters. The van der Waals surface area contributed by atoms with E-state index in [1.807, 2.05) is 23.5 Å². The van der Waals surface area contributed by atoms with Crippen molar-refractivity contribution in [2.45, 2.75) is 29.9 Å². The number of benzene rings is 1. The Morgan fingerprint density at radius 3 is 2.59 bits per heavy atom. The summed E-state index contributed by atoms with van der Waals surface area (Å²) in [5.74, 6) is 2.00. The molecule has 0 aromatic heterocycles. The molecule has 1 nitrogen and oxygen atoms in total. The maximum Gasteiger partial charge on any atom is 0.123 e. The number of hydrogen-bond donors (Lipinski definition) is 1. The molecule has 1 aromatic carbocycles. The Hall–Kier alpha value is -0.190. The van der Waals surface area contributed by atoms with Crippen LogP contribution in [0, 0.1) is 5.82 Å². The van der Waals surface area contributed by atoms with Gasteiger partial charge in [0.25, 0.3) is 0 Å². The minimum atomic E-state index is -0.488. The van der Waals surface area contributed by atoms with Crippen LogP contribution in [0.15, 0.2) is 24.3 Å². The average molecular weight is 272 g/mol. The lowest BCUT2D eigenvalue weighted by Gasteiger charge is -2.33. The predicted molar refractivity (Wildman–Crippen MR) is 74.1 cm³/mol. The van der Waals surface area contributed by atoms with Crippen LogP contribution in [-0.4, -0.2) is 27.1 Å². The molecule has 17 heavy (non-hydrogen) atoms. The number of hydrogen-bond acceptors (Lipinski definition) is 3. The number of halogens is 1. The Morgan fingerprint density at radius 2 is 1.94 bits per heavy atom.